The number of carbonyl (C=O) groups excluding carboxylic acids is 1. The van der Waals surface area contributed by atoms with Crippen LogP contribution in [0.25, 0.3) is 5.69 Å². The Labute approximate surface area is 175 Å². The van der Waals surface area contributed by atoms with Gasteiger partial charge < -0.3 is 20.1 Å². The second kappa shape index (κ2) is 9.00. The van der Waals surface area contributed by atoms with Crippen molar-refractivity contribution >= 4 is 17.3 Å². The molecule has 0 atom stereocenters. The molecule has 0 aliphatic carbocycles. The SMILES string of the molecule is COc1ccc(-n2nc(CCO)cc2C(=O)Nc2ccc(N3CCCC3)cc2)cc1. The maximum atomic E-state index is 13.0. The average molecular weight is 406 g/mol. The second-order valence-corrected chi connectivity index (χ2v) is 7.30. The standard InChI is InChI=1S/C23H26N4O3/c1-30-21-10-8-20(9-11-21)27-22(16-18(25-27)12-15-28)23(29)24-17-4-6-19(7-5-17)26-13-2-3-14-26/h4-11,16,28H,2-3,12-15H2,1H3,(H,24,29). The molecule has 0 saturated carbocycles. The van der Waals surface area contributed by atoms with Crippen molar-refractivity contribution in [2.24, 2.45) is 0 Å². The van der Waals surface area contributed by atoms with E-state index in [1.807, 2.05) is 48.5 Å². The first-order valence-electron chi connectivity index (χ1n) is 10.2. The van der Waals surface area contributed by atoms with Crippen LogP contribution < -0.4 is 15.0 Å². The van der Waals surface area contributed by atoms with Gasteiger partial charge in [0.15, 0.2) is 0 Å². The molecular weight excluding hydrogens is 380 g/mol. The first-order valence-corrected chi connectivity index (χ1v) is 10.2. The number of carbonyl (C=O) groups is 1. The van der Waals surface area contributed by atoms with Crippen molar-refractivity contribution in [2.45, 2.75) is 19.3 Å². The highest BCUT2D eigenvalue weighted by molar-refractivity contribution is 6.03. The van der Waals surface area contributed by atoms with Crippen molar-refractivity contribution in [1.29, 1.82) is 0 Å². The number of hydrogen-bond donors (Lipinski definition) is 2. The van der Waals surface area contributed by atoms with Crippen molar-refractivity contribution < 1.29 is 14.6 Å². The lowest BCUT2D eigenvalue weighted by atomic mass is 10.2. The van der Waals surface area contributed by atoms with Gasteiger partial charge in [-0.1, -0.05) is 0 Å². The maximum Gasteiger partial charge on any atom is 0.274 e. The van der Waals surface area contributed by atoms with Crippen LogP contribution in [0.15, 0.2) is 54.6 Å². The molecule has 0 spiro atoms. The zero-order valence-corrected chi connectivity index (χ0v) is 17.0. The molecule has 30 heavy (non-hydrogen) atoms. The summed E-state index contributed by atoms with van der Waals surface area (Å²) in [5.41, 5.74) is 3.72. The van der Waals surface area contributed by atoms with E-state index < -0.39 is 0 Å². The number of nitrogens with zero attached hydrogens (tertiary/aromatic N) is 3. The minimum atomic E-state index is -0.253. The Balaban J connectivity index is 1.56. The zero-order chi connectivity index (χ0) is 20.9. The van der Waals surface area contributed by atoms with Crippen LogP contribution in [0.5, 0.6) is 5.75 Å². The number of rotatable bonds is 7. The number of hydrogen-bond acceptors (Lipinski definition) is 5. The number of ether oxygens (including phenoxy) is 1. The molecule has 0 bridgehead atoms. The summed E-state index contributed by atoms with van der Waals surface area (Å²) in [5, 5.41) is 16.7. The molecule has 2 heterocycles. The molecule has 1 fully saturated rings. The van der Waals surface area contributed by atoms with Gasteiger partial charge in [0.2, 0.25) is 0 Å². The molecule has 2 N–H and O–H groups in total. The number of benzene rings is 2. The van der Waals surface area contributed by atoms with Crippen LogP contribution in [0, 0.1) is 0 Å². The van der Waals surface area contributed by atoms with Crippen molar-refractivity contribution in [3.63, 3.8) is 0 Å². The summed E-state index contributed by atoms with van der Waals surface area (Å²) in [4.78, 5) is 15.4. The van der Waals surface area contributed by atoms with Crippen LogP contribution in [0.2, 0.25) is 0 Å². The molecule has 156 valence electrons. The Kier molecular flexibility index (Phi) is 5.99. The molecule has 1 amide bonds. The van der Waals surface area contributed by atoms with Crippen LogP contribution in [0.4, 0.5) is 11.4 Å². The molecule has 1 aliphatic heterocycles. The summed E-state index contributed by atoms with van der Waals surface area (Å²) < 4.78 is 6.80. The second-order valence-electron chi connectivity index (χ2n) is 7.30. The van der Waals surface area contributed by atoms with Gasteiger partial charge in [-0.15, -0.1) is 0 Å². The van der Waals surface area contributed by atoms with Gasteiger partial charge in [-0.25, -0.2) is 4.68 Å². The molecule has 1 aromatic heterocycles. The van der Waals surface area contributed by atoms with E-state index in [1.165, 1.54) is 18.5 Å². The van der Waals surface area contributed by atoms with Crippen LogP contribution in [-0.4, -0.2) is 47.6 Å². The molecule has 0 radical (unpaired) electrons. The number of anilines is 2. The largest absolute Gasteiger partial charge is 0.497 e. The smallest absolute Gasteiger partial charge is 0.274 e. The van der Waals surface area contributed by atoms with Crippen LogP contribution in [0.3, 0.4) is 0 Å². The molecule has 0 unspecified atom stereocenters. The quantitative estimate of drug-likeness (QED) is 0.630. The maximum absolute atomic E-state index is 13.0. The lowest BCUT2D eigenvalue weighted by Gasteiger charge is -2.17. The summed E-state index contributed by atoms with van der Waals surface area (Å²) in [7, 11) is 1.61. The summed E-state index contributed by atoms with van der Waals surface area (Å²) in [6.45, 7) is 2.14. The van der Waals surface area contributed by atoms with Crippen molar-refractivity contribution in [2.75, 3.05) is 37.0 Å². The zero-order valence-electron chi connectivity index (χ0n) is 17.0. The Morgan fingerprint density at radius 1 is 1.07 bits per heavy atom. The third-order valence-electron chi connectivity index (χ3n) is 5.27. The molecular formula is C23H26N4O3. The highest BCUT2D eigenvalue weighted by Crippen LogP contribution is 2.23. The molecule has 1 aliphatic rings. The molecule has 3 aromatic rings. The monoisotopic (exact) mass is 406 g/mol. The molecule has 2 aromatic carbocycles. The van der Waals surface area contributed by atoms with E-state index in [2.05, 4.69) is 15.3 Å². The van der Waals surface area contributed by atoms with E-state index in [0.29, 0.717) is 17.8 Å². The van der Waals surface area contributed by atoms with E-state index in [4.69, 9.17) is 4.74 Å². The first kappa shape index (κ1) is 20.0. The van der Waals surface area contributed by atoms with Gasteiger partial charge in [-0.05, 0) is 67.4 Å². The summed E-state index contributed by atoms with van der Waals surface area (Å²) >= 11 is 0. The number of aromatic nitrogens is 2. The average Bonchev–Trinajstić information content (AvgIpc) is 3.45. The summed E-state index contributed by atoms with van der Waals surface area (Å²) in [6, 6.07) is 17.0. The highest BCUT2D eigenvalue weighted by Gasteiger charge is 2.18. The first-order chi connectivity index (χ1) is 14.7. The van der Waals surface area contributed by atoms with Gasteiger partial charge in [0.1, 0.15) is 11.4 Å². The topological polar surface area (TPSA) is 79.6 Å². The van der Waals surface area contributed by atoms with E-state index in [9.17, 15) is 9.90 Å². The number of amides is 1. The number of aliphatic hydroxyl groups is 1. The van der Waals surface area contributed by atoms with Crippen molar-refractivity contribution in [1.82, 2.24) is 9.78 Å². The lowest BCUT2D eigenvalue weighted by molar-refractivity contribution is 0.101. The minimum absolute atomic E-state index is 0.0291. The van der Waals surface area contributed by atoms with E-state index >= 15 is 0 Å². The normalized spacial score (nSPS) is 13.5. The Morgan fingerprint density at radius 3 is 2.37 bits per heavy atom. The predicted molar refractivity (Wildman–Crippen MR) is 117 cm³/mol. The fraction of sp³-hybridized carbons (Fsp3) is 0.304. The number of aliphatic hydroxyl groups excluding tert-OH is 1. The third kappa shape index (κ3) is 4.31. The fourth-order valence-electron chi connectivity index (χ4n) is 3.67. The third-order valence-corrected chi connectivity index (χ3v) is 5.27. The lowest BCUT2D eigenvalue weighted by Crippen LogP contribution is -2.18. The van der Waals surface area contributed by atoms with E-state index in [0.717, 1.165) is 30.2 Å². The number of methoxy groups -OCH3 is 1. The van der Waals surface area contributed by atoms with Crippen LogP contribution >= 0.6 is 0 Å². The predicted octanol–water partition coefficient (Wildman–Crippen LogP) is 3.27. The minimum Gasteiger partial charge on any atom is -0.497 e. The highest BCUT2D eigenvalue weighted by atomic mass is 16.5. The Hall–Kier alpha value is -3.32. The van der Waals surface area contributed by atoms with Crippen LogP contribution in [-0.2, 0) is 6.42 Å². The van der Waals surface area contributed by atoms with E-state index in [1.54, 1.807) is 17.9 Å². The Morgan fingerprint density at radius 2 is 1.73 bits per heavy atom. The fourth-order valence-corrected chi connectivity index (χ4v) is 3.67. The van der Waals surface area contributed by atoms with Crippen molar-refractivity contribution in [3.8, 4) is 11.4 Å². The molecule has 1 saturated heterocycles. The summed E-state index contributed by atoms with van der Waals surface area (Å²) in [5.74, 6) is 0.474. The van der Waals surface area contributed by atoms with Gasteiger partial charge in [0, 0.05) is 37.5 Å². The van der Waals surface area contributed by atoms with Gasteiger partial charge in [0.05, 0.1) is 18.5 Å². The molecule has 4 rings (SSSR count). The number of nitrogens with one attached hydrogen (secondary N) is 1. The van der Waals surface area contributed by atoms with Crippen molar-refractivity contribution in [3.05, 3.63) is 66.0 Å². The Bertz CT molecular complexity index is 990. The van der Waals surface area contributed by atoms with Gasteiger partial charge >= 0.3 is 0 Å². The van der Waals surface area contributed by atoms with Crippen LogP contribution in [0.1, 0.15) is 29.0 Å². The van der Waals surface area contributed by atoms with Gasteiger partial charge in [-0.2, -0.15) is 5.10 Å². The molecule has 7 heteroatoms. The molecule has 7 nitrogen and oxygen atoms in total. The van der Waals surface area contributed by atoms with E-state index in [-0.39, 0.29) is 12.5 Å². The van der Waals surface area contributed by atoms with Gasteiger partial charge in [0.25, 0.3) is 5.91 Å². The van der Waals surface area contributed by atoms with Gasteiger partial charge in [-0.3, -0.25) is 4.79 Å². The summed E-state index contributed by atoms with van der Waals surface area (Å²) in [6.07, 6.45) is 2.84.